The molecule has 3 rings (SSSR count). The topological polar surface area (TPSA) is 0 Å². The van der Waals surface area contributed by atoms with E-state index in [2.05, 4.69) is 55.5 Å². The van der Waals surface area contributed by atoms with Gasteiger partial charge in [-0.15, -0.1) is 0 Å². The molecule has 0 heterocycles. The van der Waals surface area contributed by atoms with E-state index >= 15 is 0 Å². The summed E-state index contributed by atoms with van der Waals surface area (Å²) in [6.07, 6.45) is 8.45. The van der Waals surface area contributed by atoms with Gasteiger partial charge in [-0.3, -0.25) is 0 Å². The van der Waals surface area contributed by atoms with Crippen molar-refractivity contribution in [2.45, 2.75) is 45.4 Å². The smallest absolute Gasteiger partial charge is 0.0184 e. The molecule has 1 fully saturated rings. The molecule has 2 aromatic carbocycles. The van der Waals surface area contributed by atoms with Gasteiger partial charge in [0.2, 0.25) is 0 Å². The zero-order valence-corrected chi connectivity index (χ0v) is 12.4. The van der Waals surface area contributed by atoms with Crippen molar-refractivity contribution in [1.29, 1.82) is 0 Å². The maximum atomic E-state index is 2.32. The molecular weight excluding hydrogens is 240 g/mol. The zero-order chi connectivity index (χ0) is 13.8. The van der Waals surface area contributed by atoms with E-state index in [1.807, 2.05) is 0 Å². The van der Waals surface area contributed by atoms with E-state index < -0.39 is 0 Å². The maximum Gasteiger partial charge on any atom is -0.0184 e. The molecule has 0 heteroatoms. The van der Waals surface area contributed by atoms with Crippen molar-refractivity contribution in [2.24, 2.45) is 5.92 Å². The third kappa shape index (κ3) is 3.30. The second-order valence-corrected chi connectivity index (χ2v) is 6.27. The Bertz CT molecular complexity index is 527. The van der Waals surface area contributed by atoms with Crippen LogP contribution in [-0.2, 0) is 6.42 Å². The average Bonchev–Trinajstić information content (AvgIpc) is 2.50. The summed E-state index contributed by atoms with van der Waals surface area (Å²) in [5.41, 5.74) is 5.48. The van der Waals surface area contributed by atoms with Crippen molar-refractivity contribution in [1.82, 2.24) is 0 Å². The number of rotatable bonds is 3. The lowest BCUT2D eigenvalue weighted by molar-refractivity contribution is 0.356. The highest BCUT2D eigenvalue weighted by molar-refractivity contribution is 5.63. The number of benzene rings is 2. The lowest BCUT2D eigenvalue weighted by Gasteiger charge is -2.21. The molecule has 0 radical (unpaired) electrons. The van der Waals surface area contributed by atoms with Gasteiger partial charge >= 0.3 is 0 Å². The van der Waals surface area contributed by atoms with Crippen molar-refractivity contribution in [3.05, 3.63) is 59.7 Å². The minimum absolute atomic E-state index is 0.925. The SMILES string of the molecule is Cc1ccc(-c2ccc(CC3CCCCC3)cc2)cc1. The molecule has 1 aliphatic carbocycles. The quantitative estimate of drug-likeness (QED) is 0.658. The summed E-state index contributed by atoms with van der Waals surface area (Å²) >= 11 is 0. The fraction of sp³-hybridized carbons (Fsp3) is 0.400. The first-order valence-corrected chi connectivity index (χ1v) is 7.97. The molecule has 0 aliphatic heterocycles. The van der Waals surface area contributed by atoms with Crippen LogP contribution in [0.1, 0.15) is 43.2 Å². The fourth-order valence-corrected chi connectivity index (χ4v) is 3.30. The third-order valence-corrected chi connectivity index (χ3v) is 4.59. The maximum absolute atomic E-state index is 2.32. The first kappa shape index (κ1) is 13.4. The highest BCUT2D eigenvalue weighted by Gasteiger charge is 2.13. The van der Waals surface area contributed by atoms with Gasteiger partial charge in [-0.25, -0.2) is 0 Å². The molecule has 0 nitrogen and oxygen atoms in total. The van der Waals surface area contributed by atoms with Gasteiger partial charge in [-0.2, -0.15) is 0 Å². The Kier molecular flexibility index (Phi) is 4.20. The molecule has 0 unspecified atom stereocenters. The first-order valence-electron chi connectivity index (χ1n) is 7.97. The van der Waals surface area contributed by atoms with Gasteiger partial charge in [0.05, 0.1) is 0 Å². The van der Waals surface area contributed by atoms with Crippen molar-refractivity contribution in [2.75, 3.05) is 0 Å². The van der Waals surface area contributed by atoms with Gasteiger partial charge in [0, 0.05) is 0 Å². The predicted molar refractivity (Wildman–Crippen MR) is 86.9 cm³/mol. The van der Waals surface area contributed by atoms with Crippen LogP contribution in [-0.4, -0.2) is 0 Å². The van der Waals surface area contributed by atoms with Crippen LogP contribution in [0, 0.1) is 12.8 Å². The molecule has 0 amide bonds. The second-order valence-electron chi connectivity index (χ2n) is 6.27. The van der Waals surface area contributed by atoms with Gasteiger partial charge in [0.25, 0.3) is 0 Å². The van der Waals surface area contributed by atoms with Gasteiger partial charge in [-0.1, -0.05) is 86.2 Å². The van der Waals surface area contributed by atoms with Crippen LogP contribution >= 0.6 is 0 Å². The van der Waals surface area contributed by atoms with Crippen LogP contribution in [0.4, 0.5) is 0 Å². The Balaban J connectivity index is 1.69. The minimum atomic E-state index is 0.925. The van der Waals surface area contributed by atoms with E-state index in [0.29, 0.717) is 0 Å². The molecule has 104 valence electrons. The monoisotopic (exact) mass is 264 g/mol. The van der Waals surface area contributed by atoms with Crippen LogP contribution in [0.3, 0.4) is 0 Å². The highest BCUT2D eigenvalue weighted by atomic mass is 14.2. The van der Waals surface area contributed by atoms with Gasteiger partial charge in [0.15, 0.2) is 0 Å². The number of aryl methyl sites for hydroxylation is 1. The largest absolute Gasteiger partial charge is 0.0587 e. The number of hydrogen-bond donors (Lipinski definition) is 0. The molecule has 1 aliphatic rings. The Morgan fingerprint density at radius 3 is 1.90 bits per heavy atom. The fourth-order valence-electron chi connectivity index (χ4n) is 3.30. The Morgan fingerprint density at radius 1 is 0.750 bits per heavy atom. The zero-order valence-electron chi connectivity index (χ0n) is 12.4. The molecule has 20 heavy (non-hydrogen) atoms. The van der Waals surface area contributed by atoms with E-state index in [1.54, 1.807) is 0 Å². The van der Waals surface area contributed by atoms with Crippen LogP contribution < -0.4 is 0 Å². The van der Waals surface area contributed by atoms with Crippen LogP contribution in [0.5, 0.6) is 0 Å². The molecule has 2 aromatic rings. The van der Waals surface area contributed by atoms with E-state index in [0.717, 1.165) is 5.92 Å². The van der Waals surface area contributed by atoms with E-state index in [1.165, 1.54) is 60.8 Å². The molecule has 0 bridgehead atoms. The molecule has 0 N–H and O–H groups in total. The van der Waals surface area contributed by atoms with Gasteiger partial charge in [-0.05, 0) is 36.0 Å². The second kappa shape index (κ2) is 6.26. The summed E-state index contributed by atoms with van der Waals surface area (Å²) < 4.78 is 0. The number of hydrogen-bond acceptors (Lipinski definition) is 0. The molecule has 1 saturated carbocycles. The normalized spacial score (nSPS) is 16.2. The summed E-state index contributed by atoms with van der Waals surface area (Å²) in [5, 5.41) is 0. The summed E-state index contributed by atoms with van der Waals surface area (Å²) in [4.78, 5) is 0. The van der Waals surface area contributed by atoms with E-state index in [9.17, 15) is 0 Å². The van der Waals surface area contributed by atoms with E-state index in [4.69, 9.17) is 0 Å². The minimum Gasteiger partial charge on any atom is -0.0587 e. The lowest BCUT2D eigenvalue weighted by atomic mass is 9.84. The third-order valence-electron chi connectivity index (χ3n) is 4.59. The van der Waals surface area contributed by atoms with Gasteiger partial charge < -0.3 is 0 Å². The average molecular weight is 264 g/mol. The Morgan fingerprint density at radius 2 is 1.30 bits per heavy atom. The van der Waals surface area contributed by atoms with Crippen molar-refractivity contribution in [3.8, 4) is 11.1 Å². The van der Waals surface area contributed by atoms with Crippen LogP contribution in [0.15, 0.2) is 48.5 Å². The van der Waals surface area contributed by atoms with Crippen molar-refractivity contribution >= 4 is 0 Å². The van der Waals surface area contributed by atoms with Crippen LogP contribution in [0.25, 0.3) is 11.1 Å². The lowest BCUT2D eigenvalue weighted by Crippen LogP contribution is -2.09. The molecular formula is C20H24. The van der Waals surface area contributed by atoms with E-state index in [-0.39, 0.29) is 0 Å². The Hall–Kier alpha value is -1.56. The molecule has 0 aromatic heterocycles. The molecule has 0 atom stereocenters. The first-order chi connectivity index (χ1) is 9.81. The van der Waals surface area contributed by atoms with Crippen LogP contribution in [0.2, 0.25) is 0 Å². The molecule has 0 spiro atoms. The van der Waals surface area contributed by atoms with Crippen molar-refractivity contribution < 1.29 is 0 Å². The van der Waals surface area contributed by atoms with Crippen molar-refractivity contribution in [3.63, 3.8) is 0 Å². The molecule has 0 saturated heterocycles. The highest BCUT2D eigenvalue weighted by Crippen LogP contribution is 2.28. The Labute approximate surface area is 122 Å². The summed E-state index contributed by atoms with van der Waals surface area (Å²) in [6, 6.07) is 18.0. The summed E-state index contributed by atoms with van der Waals surface area (Å²) in [5.74, 6) is 0.925. The summed E-state index contributed by atoms with van der Waals surface area (Å²) in [6.45, 7) is 2.14. The summed E-state index contributed by atoms with van der Waals surface area (Å²) in [7, 11) is 0. The van der Waals surface area contributed by atoms with Gasteiger partial charge in [0.1, 0.15) is 0 Å². The standard InChI is InChI=1S/C20H24/c1-16-7-11-19(12-8-16)20-13-9-18(10-14-20)15-17-5-3-2-4-6-17/h7-14,17H,2-6,15H2,1H3. The predicted octanol–water partition coefficient (Wildman–Crippen LogP) is 5.78.